The number of nitrogens with zero attached hydrogens (tertiary/aromatic N) is 1. The highest BCUT2D eigenvalue weighted by atomic mass is 32.2. The Labute approximate surface area is 142 Å². The van der Waals surface area contributed by atoms with Crippen LogP contribution >= 0.6 is 0 Å². The predicted molar refractivity (Wildman–Crippen MR) is 95.4 cm³/mol. The molecule has 0 amide bonds. The lowest BCUT2D eigenvalue weighted by Crippen LogP contribution is -2.39. The fourth-order valence-corrected chi connectivity index (χ4v) is 5.41. The van der Waals surface area contributed by atoms with Crippen molar-refractivity contribution < 1.29 is 8.42 Å². The van der Waals surface area contributed by atoms with Gasteiger partial charge in [-0.2, -0.15) is 4.31 Å². The van der Waals surface area contributed by atoms with Crippen molar-refractivity contribution in [3.05, 3.63) is 65.9 Å². The van der Waals surface area contributed by atoms with E-state index in [0.717, 1.165) is 24.1 Å². The van der Waals surface area contributed by atoms with Gasteiger partial charge >= 0.3 is 0 Å². The monoisotopic (exact) mass is 340 g/mol. The van der Waals surface area contributed by atoms with Crippen molar-refractivity contribution in [1.29, 1.82) is 0 Å². The number of fused-ring (bicyclic) bond motifs is 3. The Morgan fingerprint density at radius 1 is 1.08 bits per heavy atom. The second kappa shape index (κ2) is 5.76. The molecule has 4 nitrogen and oxygen atoms in total. The van der Waals surface area contributed by atoms with Crippen LogP contribution in [0.2, 0.25) is 0 Å². The van der Waals surface area contributed by atoms with E-state index in [1.807, 2.05) is 25.1 Å². The van der Waals surface area contributed by atoms with Gasteiger partial charge in [-0.25, -0.2) is 8.42 Å². The number of para-hydroxylation sites is 1. The minimum atomic E-state index is -3.49. The first kappa shape index (κ1) is 15.4. The molecule has 0 saturated carbocycles. The van der Waals surface area contributed by atoms with Crippen LogP contribution in [0.1, 0.15) is 30.6 Å². The molecule has 0 radical (unpaired) electrons. The summed E-state index contributed by atoms with van der Waals surface area (Å²) in [5.74, 6) is 0. The van der Waals surface area contributed by atoms with Crippen LogP contribution in [0.4, 0.5) is 0 Å². The summed E-state index contributed by atoms with van der Waals surface area (Å²) in [5.41, 5.74) is 3.39. The van der Waals surface area contributed by atoms with Gasteiger partial charge in [-0.1, -0.05) is 43.3 Å². The number of nitrogens with one attached hydrogen (secondary N) is 1. The van der Waals surface area contributed by atoms with Crippen molar-refractivity contribution in [2.24, 2.45) is 0 Å². The molecule has 0 saturated heterocycles. The normalized spacial score (nSPS) is 18.6. The Kier molecular flexibility index (Phi) is 3.70. The zero-order valence-electron chi connectivity index (χ0n) is 13.6. The molecule has 5 heteroatoms. The molecule has 124 valence electrons. The minimum Gasteiger partial charge on any atom is -0.357 e. The Balaban J connectivity index is 1.82. The number of benzene rings is 2. The SMILES string of the molecule is CCC1c2[nH]c3ccccc3c2CCN1S(=O)(=O)c1ccccc1. The molecule has 1 aliphatic heterocycles. The summed E-state index contributed by atoms with van der Waals surface area (Å²) in [6.07, 6.45) is 1.48. The molecule has 2 heterocycles. The summed E-state index contributed by atoms with van der Waals surface area (Å²) < 4.78 is 27.8. The molecule has 1 N–H and O–H groups in total. The standard InChI is InChI=1S/C19H20N2O2S/c1-2-18-19-16(15-10-6-7-11-17(15)20-19)12-13-21(18)24(22,23)14-8-4-3-5-9-14/h3-11,18,20H,2,12-13H2,1H3. The molecule has 2 aromatic carbocycles. The van der Waals surface area contributed by atoms with Crippen molar-refractivity contribution in [1.82, 2.24) is 9.29 Å². The smallest absolute Gasteiger partial charge is 0.243 e. The van der Waals surface area contributed by atoms with Crippen LogP contribution in [0.5, 0.6) is 0 Å². The van der Waals surface area contributed by atoms with E-state index >= 15 is 0 Å². The Morgan fingerprint density at radius 2 is 1.79 bits per heavy atom. The van der Waals surface area contributed by atoms with E-state index in [9.17, 15) is 8.42 Å². The second-order valence-electron chi connectivity index (χ2n) is 6.17. The van der Waals surface area contributed by atoms with Crippen LogP contribution in [0.3, 0.4) is 0 Å². The fourth-order valence-electron chi connectivity index (χ4n) is 3.72. The molecule has 1 unspecified atom stereocenters. The summed E-state index contributed by atoms with van der Waals surface area (Å²) >= 11 is 0. The highest BCUT2D eigenvalue weighted by Gasteiger charge is 2.37. The number of sulfonamides is 1. The molecule has 0 spiro atoms. The molecule has 0 bridgehead atoms. The average Bonchev–Trinajstić information content (AvgIpc) is 3.00. The fraction of sp³-hybridized carbons (Fsp3) is 0.263. The molecule has 0 fully saturated rings. The summed E-state index contributed by atoms with van der Waals surface area (Å²) in [4.78, 5) is 3.83. The van der Waals surface area contributed by atoms with Gasteiger partial charge in [0.25, 0.3) is 0 Å². The van der Waals surface area contributed by atoms with Gasteiger partial charge in [0.15, 0.2) is 0 Å². The van der Waals surface area contributed by atoms with Crippen LogP contribution in [0.25, 0.3) is 10.9 Å². The first-order valence-corrected chi connectivity index (χ1v) is 9.73. The highest BCUT2D eigenvalue weighted by Crippen LogP contribution is 2.38. The summed E-state index contributed by atoms with van der Waals surface area (Å²) in [7, 11) is -3.49. The van der Waals surface area contributed by atoms with E-state index in [-0.39, 0.29) is 6.04 Å². The van der Waals surface area contributed by atoms with Crippen LogP contribution in [0, 0.1) is 0 Å². The predicted octanol–water partition coefficient (Wildman–Crippen LogP) is 3.87. The van der Waals surface area contributed by atoms with E-state index < -0.39 is 10.0 Å². The molecule has 24 heavy (non-hydrogen) atoms. The van der Waals surface area contributed by atoms with Gasteiger partial charge in [0, 0.05) is 23.1 Å². The lowest BCUT2D eigenvalue weighted by Gasteiger charge is -2.34. The van der Waals surface area contributed by atoms with E-state index in [4.69, 9.17) is 0 Å². The zero-order chi connectivity index (χ0) is 16.7. The highest BCUT2D eigenvalue weighted by molar-refractivity contribution is 7.89. The summed E-state index contributed by atoms with van der Waals surface area (Å²) in [6, 6.07) is 16.8. The van der Waals surface area contributed by atoms with Crippen LogP contribution in [-0.4, -0.2) is 24.3 Å². The first-order valence-electron chi connectivity index (χ1n) is 8.29. The van der Waals surface area contributed by atoms with Gasteiger partial charge in [0.05, 0.1) is 10.9 Å². The van der Waals surface area contributed by atoms with Crippen molar-refractivity contribution in [2.45, 2.75) is 30.7 Å². The van der Waals surface area contributed by atoms with Crippen molar-refractivity contribution in [2.75, 3.05) is 6.54 Å². The van der Waals surface area contributed by atoms with Gasteiger partial charge < -0.3 is 4.98 Å². The summed E-state index contributed by atoms with van der Waals surface area (Å²) in [6.45, 7) is 2.56. The number of H-pyrrole nitrogens is 1. The third-order valence-electron chi connectivity index (χ3n) is 4.85. The van der Waals surface area contributed by atoms with Gasteiger partial charge in [-0.05, 0) is 36.6 Å². The van der Waals surface area contributed by atoms with Gasteiger partial charge in [0.1, 0.15) is 0 Å². The van der Waals surface area contributed by atoms with E-state index in [2.05, 4.69) is 17.1 Å². The Hall–Kier alpha value is -2.11. The maximum absolute atomic E-state index is 13.1. The Morgan fingerprint density at radius 3 is 2.54 bits per heavy atom. The van der Waals surface area contributed by atoms with Crippen molar-refractivity contribution in [3.63, 3.8) is 0 Å². The molecule has 1 aliphatic rings. The van der Waals surface area contributed by atoms with E-state index in [1.165, 1.54) is 10.9 Å². The first-order chi connectivity index (χ1) is 11.6. The number of aromatic amines is 1. The molecule has 0 aliphatic carbocycles. The maximum atomic E-state index is 13.1. The van der Waals surface area contributed by atoms with E-state index in [0.29, 0.717) is 11.4 Å². The zero-order valence-corrected chi connectivity index (χ0v) is 14.4. The molecule has 4 rings (SSSR count). The largest absolute Gasteiger partial charge is 0.357 e. The number of aromatic nitrogens is 1. The molecular formula is C19H20N2O2S. The number of hydrogen-bond donors (Lipinski definition) is 1. The number of hydrogen-bond acceptors (Lipinski definition) is 2. The Bertz CT molecular complexity index is 977. The molecule has 3 aromatic rings. The number of rotatable bonds is 3. The van der Waals surface area contributed by atoms with Gasteiger partial charge in [0.2, 0.25) is 10.0 Å². The third kappa shape index (κ3) is 2.27. The molecule has 1 atom stereocenters. The quantitative estimate of drug-likeness (QED) is 0.787. The molecular weight excluding hydrogens is 320 g/mol. The van der Waals surface area contributed by atoms with E-state index in [1.54, 1.807) is 28.6 Å². The average molecular weight is 340 g/mol. The van der Waals surface area contributed by atoms with Crippen LogP contribution in [0.15, 0.2) is 59.5 Å². The lowest BCUT2D eigenvalue weighted by molar-refractivity contribution is 0.297. The van der Waals surface area contributed by atoms with Gasteiger partial charge in [-0.3, -0.25) is 0 Å². The third-order valence-corrected chi connectivity index (χ3v) is 6.77. The van der Waals surface area contributed by atoms with Crippen LogP contribution < -0.4 is 0 Å². The minimum absolute atomic E-state index is 0.147. The van der Waals surface area contributed by atoms with Crippen LogP contribution in [-0.2, 0) is 16.4 Å². The second-order valence-corrected chi connectivity index (χ2v) is 8.06. The topological polar surface area (TPSA) is 53.2 Å². The van der Waals surface area contributed by atoms with Gasteiger partial charge in [-0.15, -0.1) is 0 Å². The van der Waals surface area contributed by atoms with Crippen molar-refractivity contribution in [3.8, 4) is 0 Å². The molecule has 1 aromatic heterocycles. The van der Waals surface area contributed by atoms with Crippen molar-refractivity contribution >= 4 is 20.9 Å². The summed E-state index contributed by atoms with van der Waals surface area (Å²) in [5, 5.41) is 1.21. The maximum Gasteiger partial charge on any atom is 0.243 e. The lowest BCUT2D eigenvalue weighted by atomic mass is 9.98.